The molecule has 0 saturated carbocycles. The van der Waals surface area contributed by atoms with Gasteiger partial charge in [-0.25, -0.2) is 9.78 Å². The molecule has 2 N–H and O–H groups in total. The Morgan fingerprint density at radius 2 is 2.19 bits per heavy atom. The first-order valence-corrected chi connectivity index (χ1v) is 7.26. The first-order valence-electron chi connectivity index (χ1n) is 6.47. The molecule has 0 fully saturated rings. The molecule has 0 bridgehead atoms. The fraction of sp³-hybridized carbons (Fsp3) is 0.200. The van der Waals surface area contributed by atoms with E-state index in [1.54, 1.807) is 25.4 Å². The maximum Gasteiger partial charge on any atom is 0.320 e. The molecule has 110 valence electrons. The number of nitrogens with zero attached hydrogens (tertiary/aromatic N) is 1. The Kier molecular flexibility index (Phi) is 5.57. The van der Waals surface area contributed by atoms with Crippen LogP contribution in [0.4, 0.5) is 10.6 Å². The zero-order chi connectivity index (χ0) is 15.1. The summed E-state index contributed by atoms with van der Waals surface area (Å²) in [5.74, 6) is 1.32. The van der Waals surface area contributed by atoms with Crippen LogP contribution in [0, 0.1) is 0 Å². The van der Waals surface area contributed by atoms with E-state index in [4.69, 9.17) is 4.74 Å². The van der Waals surface area contributed by atoms with E-state index in [1.165, 1.54) is 0 Å². The molecule has 0 aliphatic heterocycles. The van der Waals surface area contributed by atoms with E-state index < -0.39 is 0 Å². The van der Waals surface area contributed by atoms with Crippen LogP contribution in [0.25, 0.3) is 0 Å². The highest BCUT2D eigenvalue weighted by Crippen LogP contribution is 2.13. The highest BCUT2D eigenvalue weighted by atomic mass is 79.9. The molecular formula is C15H16BrN3O2. The van der Waals surface area contributed by atoms with Gasteiger partial charge in [0.15, 0.2) is 0 Å². The van der Waals surface area contributed by atoms with Crippen molar-refractivity contribution in [1.82, 2.24) is 10.3 Å². The zero-order valence-electron chi connectivity index (χ0n) is 11.6. The van der Waals surface area contributed by atoms with Gasteiger partial charge >= 0.3 is 6.03 Å². The molecule has 2 amide bonds. The maximum absolute atomic E-state index is 11.7. The summed E-state index contributed by atoms with van der Waals surface area (Å²) in [5, 5.41) is 5.47. The van der Waals surface area contributed by atoms with Crippen molar-refractivity contribution in [3.8, 4) is 5.75 Å². The number of rotatable bonds is 5. The summed E-state index contributed by atoms with van der Waals surface area (Å²) in [7, 11) is 1.63. The van der Waals surface area contributed by atoms with Gasteiger partial charge in [0.1, 0.15) is 11.6 Å². The van der Waals surface area contributed by atoms with Crippen molar-refractivity contribution in [2.24, 2.45) is 0 Å². The lowest BCUT2D eigenvalue weighted by atomic mass is 10.1. The van der Waals surface area contributed by atoms with Crippen molar-refractivity contribution in [1.29, 1.82) is 0 Å². The molecule has 2 aromatic rings. The second kappa shape index (κ2) is 7.64. The Hall–Kier alpha value is -2.08. The van der Waals surface area contributed by atoms with Crippen molar-refractivity contribution in [3.05, 3.63) is 52.6 Å². The van der Waals surface area contributed by atoms with Gasteiger partial charge in [0.25, 0.3) is 0 Å². The average Bonchev–Trinajstić information content (AvgIpc) is 2.47. The normalized spacial score (nSPS) is 10.0. The number of hydrogen-bond donors (Lipinski definition) is 2. The third-order valence-electron chi connectivity index (χ3n) is 2.80. The summed E-state index contributed by atoms with van der Waals surface area (Å²) in [4.78, 5) is 15.8. The summed E-state index contributed by atoms with van der Waals surface area (Å²) in [6.45, 7) is 0.535. The molecule has 0 spiro atoms. The number of methoxy groups -OCH3 is 1. The molecule has 5 nitrogen and oxygen atoms in total. The van der Waals surface area contributed by atoms with Crippen molar-refractivity contribution >= 4 is 27.8 Å². The average molecular weight is 350 g/mol. The van der Waals surface area contributed by atoms with Crippen molar-refractivity contribution in [3.63, 3.8) is 0 Å². The van der Waals surface area contributed by atoms with Crippen molar-refractivity contribution < 1.29 is 9.53 Å². The Bertz CT molecular complexity index is 619. The standard InChI is InChI=1S/C15H16BrN3O2/c1-21-13-4-2-3-11(9-13)5-7-18-15(20)19-14-10-12(16)6-8-17-14/h2-4,6,8-10H,5,7H2,1H3,(H2,17,18,19,20). The maximum atomic E-state index is 11.7. The molecule has 2 rings (SSSR count). The minimum absolute atomic E-state index is 0.275. The van der Waals surface area contributed by atoms with Gasteiger partial charge in [0.2, 0.25) is 0 Å². The summed E-state index contributed by atoms with van der Waals surface area (Å²) < 4.78 is 6.03. The second-order valence-corrected chi connectivity index (χ2v) is 5.26. The zero-order valence-corrected chi connectivity index (χ0v) is 13.2. The van der Waals surface area contributed by atoms with Crippen LogP contribution in [0.1, 0.15) is 5.56 Å². The van der Waals surface area contributed by atoms with Gasteiger partial charge in [0.05, 0.1) is 7.11 Å². The molecule has 0 radical (unpaired) electrons. The molecule has 1 aromatic heterocycles. The molecule has 0 aliphatic rings. The monoisotopic (exact) mass is 349 g/mol. The quantitative estimate of drug-likeness (QED) is 0.870. The number of nitrogens with one attached hydrogen (secondary N) is 2. The molecule has 1 aromatic carbocycles. The van der Waals surface area contributed by atoms with E-state index in [9.17, 15) is 4.79 Å². The Morgan fingerprint density at radius 1 is 1.33 bits per heavy atom. The van der Waals surface area contributed by atoms with Gasteiger partial charge in [-0.05, 0) is 36.2 Å². The Labute approximate surface area is 131 Å². The largest absolute Gasteiger partial charge is 0.497 e. The van der Waals surface area contributed by atoms with Crippen LogP contribution in [-0.2, 0) is 6.42 Å². The van der Waals surface area contributed by atoms with Gasteiger partial charge in [-0.1, -0.05) is 28.1 Å². The van der Waals surface area contributed by atoms with Crippen LogP contribution in [0.3, 0.4) is 0 Å². The van der Waals surface area contributed by atoms with Gasteiger partial charge in [0, 0.05) is 17.2 Å². The number of aromatic nitrogens is 1. The number of carbonyl (C=O) groups is 1. The van der Waals surface area contributed by atoms with E-state index in [0.29, 0.717) is 12.4 Å². The molecule has 0 unspecified atom stereocenters. The number of hydrogen-bond acceptors (Lipinski definition) is 3. The van der Waals surface area contributed by atoms with E-state index in [0.717, 1.165) is 22.2 Å². The summed E-state index contributed by atoms with van der Waals surface area (Å²) >= 11 is 3.33. The summed E-state index contributed by atoms with van der Waals surface area (Å²) in [6, 6.07) is 11.0. The van der Waals surface area contributed by atoms with Crippen LogP contribution < -0.4 is 15.4 Å². The van der Waals surface area contributed by atoms with Crippen molar-refractivity contribution in [2.45, 2.75) is 6.42 Å². The summed E-state index contributed by atoms with van der Waals surface area (Å²) in [5.41, 5.74) is 1.11. The lowest BCUT2D eigenvalue weighted by Gasteiger charge is -2.08. The molecule has 0 atom stereocenters. The molecule has 0 aliphatic carbocycles. The Morgan fingerprint density at radius 3 is 2.95 bits per heavy atom. The molecular weight excluding hydrogens is 334 g/mol. The topological polar surface area (TPSA) is 63.2 Å². The number of amides is 2. The summed E-state index contributed by atoms with van der Waals surface area (Å²) in [6.07, 6.45) is 2.35. The number of pyridine rings is 1. The first kappa shape index (κ1) is 15.3. The lowest BCUT2D eigenvalue weighted by Crippen LogP contribution is -2.30. The number of halogens is 1. The SMILES string of the molecule is COc1cccc(CCNC(=O)Nc2cc(Br)ccn2)c1. The van der Waals surface area contributed by atoms with E-state index in [2.05, 4.69) is 31.5 Å². The van der Waals surface area contributed by atoms with E-state index in [1.807, 2.05) is 24.3 Å². The smallest absolute Gasteiger partial charge is 0.320 e. The van der Waals surface area contributed by atoms with Gasteiger partial charge in [-0.15, -0.1) is 0 Å². The predicted molar refractivity (Wildman–Crippen MR) is 85.7 cm³/mol. The second-order valence-electron chi connectivity index (χ2n) is 4.34. The molecule has 6 heteroatoms. The van der Waals surface area contributed by atoms with Crippen LogP contribution >= 0.6 is 15.9 Å². The third kappa shape index (κ3) is 5.07. The number of ether oxygens (including phenoxy) is 1. The highest BCUT2D eigenvalue weighted by Gasteiger charge is 2.03. The first-order chi connectivity index (χ1) is 10.2. The van der Waals surface area contributed by atoms with E-state index >= 15 is 0 Å². The fourth-order valence-electron chi connectivity index (χ4n) is 1.78. The number of benzene rings is 1. The van der Waals surface area contributed by atoms with Crippen LogP contribution in [0.15, 0.2) is 47.1 Å². The third-order valence-corrected chi connectivity index (χ3v) is 3.29. The highest BCUT2D eigenvalue weighted by molar-refractivity contribution is 9.10. The predicted octanol–water partition coefficient (Wildman–Crippen LogP) is 3.22. The van der Waals surface area contributed by atoms with Crippen LogP contribution in [-0.4, -0.2) is 24.7 Å². The minimum atomic E-state index is -0.275. The molecule has 0 saturated heterocycles. The number of urea groups is 1. The Balaban J connectivity index is 1.79. The van der Waals surface area contributed by atoms with Gasteiger partial charge in [-0.2, -0.15) is 0 Å². The lowest BCUT2D eigenvalue weighted by molar-refractivity contribution is 0.252. The fourth-order valence-corrected chi connectivity index (χ4v) is 2.12. The van der Waals surface area contributed by atoms with Gasteiger partial charge in [-0.3, -0.25) is 5.32 Å². The van der Waals surface area contributed by atoms with Crippen LogP contribution in [0.5, 0.6) is 5.75 Å². The number of anilines is 1. The van der Waals surface area contributed by atoms with Gasteiger partial charge < -0.3 is 10.1 Å². The van der Waals surface area contributed by atoms with Crippen molar-refractivity contribution in [2.75, 3.05) is 19.0 Å². The number of carbonyl (C=O) groups excluding carboxylic acids is 1. The molecule has 21 heavy (non-hydrogen) atoms. The van der Waals surface area contributed by atoms with E-state index in [-0.39, 0.29) is 6.03 Å². The van der Waals surface area contributed by atoms with Crippen LogP contribution in [0.2, 0.25) is 0 Å². The molecule has 1 heterocycles. The minimum Gasteiger partial charge on any atom is -0.497 e.